The molecule has 0 bridgehead atoms. The van der Waals surface area contributed by atoms with Crippen molar-refractivity contribution >= 4 is 34.1 Å². The lowest BCUT2D eigenvalue weighted by Crippen LogP contribution is -2.43. The largest absolute Gasteiger partial charge is 0.481 e. The van der Waals surface area contributed by atoms with Crippen LogP contribution in [-0.4, -0.2) is 56.3 Å². The van der Waals surface area contributed by atoms with Crippen molar-refractivity contribution in [1.82, 2.24) is 20.2 Å². The second-order valence-corrected chi connectivity index (χ2v) is 14.3. The Balaban J connectivity index is 1.08. The van der Waals surface area contributed by atoms with E-state index < -0.39 is 5.97 Å². The summed E-state index contributed by atoms with van der Waals surface area (Å²) in [7, 11) is 0. The molecule has 270 valence electrons. The maximum absolute atomic E-state index is 11.1. The summed E-state index contributed by atoms with van der Waals surface area (Å²) in [5.74, 6) is 0.577. The Kier molecular flexibility index (Phi) is 10.2. The molecule has 4 N–H and O–H groups in total. The van der Waals surface area contributed by atoms with Gasteiger partial charge in [-0.15, -0.1) is 0 Å². The molecule has 2 aromatic heterocycles. The predicted octanol–water partition coefficient (Wildman–Crippen LogP) is 7.41. The summed E-state index contributed by atoms with van der Waals surface area (Å²) < 4.78 is 6.36. The minimum atomic E-state index is -0.743. The van der Waals surface area contributed by atoms with E-state index in [9.17, 15) is 15.2 Å². The average molecular weight is 709 g/mol. The first-order valence-corrected chi connectivity index (χ1v) is 18.1. The first-order valence-electron chi connectivity index (χ1n) is 18.1. The van der Waals surface area contributed by atoms with Crippen LogP contribution in [0.25, 0.3) is 27.8 Å². The standard InChI is InChI=1S/C43H44N6O4/c1-25-15-29(21-46-34-18-32(19-34)43(51)52)16-33(20-44)41(25)53-28(4)36-7-5-8-37(26(36)2)38-9-6-10-39(27(38)3)48-42-40-31(11-13-45-42)17-30(22-47-40)23-49-14-12-35(50)24-49/h5-11,13,15-17,22,32,34-35,46,50H,4,12,14,18-19,21,23-24H2,1-3H3,(H,45,48)(H,51,52)/t32?,34?,35-/m1/s1. The van der Waals surface area contributed by atoms with Gasteiger partial charge in [0, 0.05) is 61.3 Å². The van der Waals surface area contributed by atoms with Crippen molar-refractivity contribution in [2.24, 2.45) is 5.92 Å². The number of aliphatic hydroxyl groups is 1. The topological polar surface area (TPSA) is 144 Å². The minimum absolute atomic E-state index is 0.163. The Hall–Kier alpha value is -5.60. The number of hydrogen-bond acceptors (Lipinski definition) is 9. The Morgan fingerprint density at radius 1 is 1.04 bits per heavy atom. The van der Waals surface area contributed by atoms with Crippen LogP contribution in [0, 0.1) is 38.0 Å². The van der Waals surface area contributed by atoms with Gasteiger partial charge < -0.3 is 25.6 Å². The summed E-state index contributed by atoms with van der Waals surface area (Å²) in [6.45, 7) is 13.2. The van der Waals surface area contributed by atoms with Crippen LogP contribution in [0.1, 0.15) is 58.2 Å². The number of ether oxygens (including phenoxy) is 1. The number of β-amino-alcohol motifs (C(OH)–C–C–N with tert-alkyl or cyclic N) is 1. The number of aliphatic carboxylic acids is 1. The van der Waals surface area contributed by atoms with Gasteiger partial charge in [-0.1, -0.05) is 43.0 Å². The number of aryl methyl sites for hydroxylation is 1. The zero-order chi connectivity index (χ0) is 37.2. The van der Waals surface area contributed by atoms with Crippen molar-refractivity contribution < 1.29 is 19.7 Å². The van der Waals surface area contributed by atoms with Crippen LogP contribution < -0.4 is 15.4 Å². The van der Waals surface area contributed by atoms with Gasteiger partial charge in [0.25, 0.3) is 0 Å². The van der Waals surface area contributed by atoms with Gasteiger partial charge in [-0.05, 0) is 103 Å². The van der Waals surface area contributed by atoms with E-state index in [1.165, 1.54) is 0 Å². The Labute approximate surface area is 309 Å². The molecule has 1 aliphatic carbocycles. The first-order chi connectivity index (χ1) is 25.6. The normalized spacial score (nSPS) is 18.4. The average Bonchev–Trinajstić information content (AvgIpc) is 3.53. The van der Waals surface area contributed by atoms with Crippen LogP contribution in [0.5, 0.6) is 5.75 Å². The van der Waals surface area contributed by atoms with Crippen molar-refractivity contribution in [3.63, 3.8) is 0 Å². The number of hydrogen-bond donors (Lipinski definition) is 4. The molecule has 3 aromatic carbocycles. The van der Waals surface area contributed by atoms with Crippen LogP contribution in [0.3, 0.4) is 0 Å². The number of pyridine rings is 2. The van der Waals surface area contributed by atoms with E-state index in [1.54, 1.807) is 6.20 Å². The summed E-state index contributed by atoms with van der Waals surface area (Å²) >= 11 is 0. The highest BCUT2D eigenvalue weighted by molar-refractivity contribution is 5.91. The lowest BCUT2D eigenvalue weighted by atomic mass is 9.80. The van der Waals surface area contributed by atoms with E-state index in [0.29, 0.717) is 48.8 Å². The molecule has 3 heterocycles. The van der Waals surface area contributed by atoms with Crippen LogP contribution >= 0.6 is 0 Å². The van der Waals surface area contributed by atoms with Gasteiger partial charge in [0.15, 0.2) is 5.82 Å². The number of carbonyl (C=O) groups is 1. The predicted molar refractivity (Wildman–Crippen MR) is 207 cm³/mol. The Morgan fingerprint density at radius 2 is 1.81 bits per heavy atom. The number of nitriles is 1. The number of rotatable bonds is 12. The van der Waals surface area contributed by atoms with Gasteiger partial charge in [0.2, 0.25) is 0 Å². The molecule has 1 saturated carbocycles. The van der Waals surface area contributed by atoms with Gasteiger partial charge in [-0.3, -0.25) is 14.7 Å². The molecule has 2 fully saturated rings. The fourth-order valence-corrected chi connectivity index (χ4v) is 7.51. The molecular weight excluding hydrogens is 665 g/mol. The molecule has 2 aliphatic rings. The molecule has 0 spiro atoms. The number of nitrogens with zero attached hydrogens (tertiary/aromatic N) is 4. The zero-order valence-corrected chi connectivity index (χ0v) is 30.3. The van der Waals surface area contributed by atoms with Crippen molar-refractivity contribution in [3.05, 3.63) is 119 Å². The molecule has 7 rings (SSSR count). The number of carboxylic acid groups (broad SMARTS) is 1. The number of fused-ring (bicyclic) bond motifs is 1. The number of carboxylic acids is 1. The number of likely N-dealkylation sites (tertiary alicyclic amines) is 1. The molecule has 10 nitrogen and oxygen atoms in total. The van der Waals surface area contributed by atoms with Crippen LogP contribution in [-0.2, 0) is 17.9 Å². The molecule has 53 heavy (non-hydrogen) atoms. The van der Waals surface area contributed by atoms with Crippen molar-refractivity contribution in [3.8, 4) is 22.9 Å². The van der Waals surface area contributed by atoms with Gasteiger partial charge in [0.05, 0.1) is 17.6 Å². The molecule has 0 amide bonds. The summed E-state index contributed by atoms with van der Waals surface area (Å²) in [6, 6.07) is 22.6. The Bertz CT molecular complexity index is 2260. The monoisotopic (exact) mass is 708 g/mol. The molecular formula is C43H44N6O4. The maximum Gasteiger partial charge on any atom is 0.306 e. The van der Waals surface area contributed by atoms with Crippen molar-refractivity contribution in [1.29, 1.82) is 5.26 Å². The quantitative estimate of drug-likeness (QED) is 0.0968. The Morgan fingerprint density at radius 3 is 2.55 bits per heavy atom. The highest BCUT2D eigenvalue weighted by atomic mass is 16.5. The highest BCUT2D eigenvalue weighted by Crippen LogP contribution is 2.37. The number of aliphatic hydroxyl groups excluding tert-OH is 1. The summed E-state index contributed by atoms with van der Waals surface area (Å²) in [5, 5.41) is 37.1. The first kappa shape index (κ1) is 35.8. The molecule has 0 radical (unpaired) electrons. The van der Waals surface area contributed by atoms with Crippen molar-refractivity contribution in [2.45, 2.75) is 65.3 Å². The van der Waals surface area contributed by atoms with E-state index in [2.05, 4.69) is 65.2 Å². The maximum atomic E-state index is 11.1. The lowest BCUT2D eigenvalue weighted by molar-refractivity contribution is -0.145. The lowest BCUT2D eigenvalue weighted by Gasteiger charge is -2.33. The van der Waals surface area contributed by atoms with Gasteiger partial charge in [-0.2, -0.15) is 5.26 Å². The van der Waals surface area contributed by atoms with E-state index in [4.69, 9.17) is 14.8 Å². The zero-order valence-electron chi connectivity index (χ0n) is 30.3. The fourth-order valence-electron chi connectivity index (χ4n) is 7.51. The minimum Gasteiger partial charge on any atom is -0.481 e. The fraction of sp³-hybridized carbons (Fsp3) is 0.302. The molecule has 10 heteroatoms. The molecule has 1 saturated heterocycles. The highest BCUT2D eigenvalue weighted by Gasteiger charge is 2.34. The van der Waals surface area contributed by atoms with E-state index in [0.717, 1.165) is 80.6 Å². The van der Waals surface area contributed by atoms with Crippen LogP contribution in [0.15, 0.2) is 79.6 Å². The summed E-state index contributed by atoms with van der Waals surface area (Å²) in [5.41, 5.74) is 9.97. The second-order valence-electron chi connectivity index (χ2n) is 14.3. The van der Waals surface area contributed by atoms with Crippen LogP contribution in [0.4, 0.5) is 11.5 Å². The van der Waals surface area contributed by atoms with Gasteiger partial charge >= 0.3 is 5.97 Å². The van der Waals surface area contributed by atoms with Crippen molar-refractivity contribution in [2.75, 3.05) is 18.4 Å². The molecule has 0 unspecified atom stereocenters. The number of nitrogens with one attached hydrogen (secondary N) is 2. The summed E-state index contributed by atoms with van der Waals surface area (Å²) in [4.78, 5) is 22.9. The van der Waals surface area contributed by atoms with E-state index in [1.807, 2.05) is 55.6 Å². The SMILES string of the molecule is C=C(Oc1c(C)cc(CNC2CC(C(=O)O)C2)cc1C#N)c1cccc(-c2cccc(Nc3nccc4cc(CN5CC[C@@H](O)C5)cnc34)c2C)c1C. The van der Waals surface area contributed by atoms with Gasteiger partial charge in [0.1, 0.15) is 23.1 Å². The number of aromatic nitrogens is 2. The van der Waals surface area contributed by atoms with E-state index >= 15 is 0 Å². The smallest absolute Gasteiger partial charge is 0.306 e. The van der Waals surface area contributed by atoms with E-state index in [-0.39, 0.29) is 18.1 Å². The molecule has 1 atom stereocenters. The number of anilines is 2. The summed E-state index contributed by atoms with van der Waals surface area (Å²) in [6.07, 6.45) is 5.48. The third-order valence-corrected chi connectivity index (χ3v) is 10.6. The molecule has 5 aromatic rings. The van der Waals surface area contributed by atoms with Crippen LogP contribution in [0.2, 0.25) is 0 Å². The number of benzene rings is 3. The third-order valence-electron chi connectivity index (χ3n) is 10.6. The molecule has 1 aliphatic heterocycles. The third kappa shape index (κ3) is 7.64. The van der Waals surface area contributed by atoms with Gasteiger partial charge in [-0.25, -0.2) is 4.98 Å². The second kappa shape index (κ2) is 15.2.